The minimum Gasteiger partial charge on any atom is -0.356 e. The Morgan fingerprint density at radius 1 is 1.53 bits per heavy atom. The first-order chi connectivity index (χ1) is 7.08. The van der Waals surface area contributed by atoms with Gasteiger partial charge in [0.25, 0.3) is 0 Å². The lowest BCUT2D eigenvalue weighted by molar-refractivity contribution is -0.119. The molecular weight excluding hydrogens is 214 g/mol. The second kappa shape index (κ2) is 5.45. The second-order valence-corrected chi connectivity index (χ2v) is 4.29. The van der Waals surface area contributed by atoms with E-state index in [0.717, 1.165) is 4.88 Å². The summed E-state index contributed by atoms with van der Waals surface area (Å²) in [6.45, 7) is 3.69. The molecule has 0 spiro atoms. The predicted molar refractivity (Wildman–Crippen MR) is 58.8 cm³/mol. The molecule has 82 valence electrons. The lowest BCUT2D eigenvalue weighted by Crippen LogP contribution is -2.25. The van der Waals surface area contributed by atoms with Crippen LogP contribution in [0.1, 0.15) is 18.2 Å². The Hall–Kier alpha value is -1.43. The molecule has 0 saturated carbocycles. The van der Waals surface area contributed by atoms with Gasteiger partial charge in [-0.15, -0.1) is 11.3 Å². The minimum atomic E-state index is -0.141. The van der Waals surface area contributed by atoms with Crippen molar-refractivity contribution in [2.45, 2.75) is 20.3 Å². The van der Waals surface area contributed by atoms with E-state index in [1.165, 1.54) is 18.3 Å². The number of hydrogen-bond donors (Lipinski definition) is 2. The van der Waals surface area contributed by atoms with Crippen LogP contribution in [-0.2, 0) is 9.59 Å². The topological polar surface area (TPSA) is 71.1 Å². The fourth-order valence-electron chi connectivity index (χ4n) is 0.946. The molecule has 2 N–H and O–H groups in total. The fourth-order valence-corrected chi connectivity index (χ4v) is 1.63. The molecule has 0 atom stereocenters. The zero-order valence-electron chi connectivity index (χ0n) is 8.66. The summed E-state index contributed by atoms with van der Waals surface area (Å²) < 4.78 is 0. The molecule has 1 heterocycles. The van der Waals surface area contributed by atoms with Gasteiger partial charge in [-0.1, -0.05) is 0 Å². The molecule has 5 nitrogen and oxygen atoms in total. The summed E-state index contributed by atoms with van der Waals surface area (Å²) in [7, 11) is 0. The van der Waals surface area contributed by atoms with Crippen molar-refractivity contribution in [3.8, 4) is 0 Å². The smallest absolute Gasteiger partial charge is 0.227 e. The molecule has 0 aliphatic carbocycles. The van der Waals surface area contributed by atoms with Crippen LogP contribution in [0, 0.1) is 6.92 Å². The summed E-state index contributed by atoms with van der Waals surface area (Å²) in [5.74, 6) is -0.272. The highest BCUT2D eigenvalue weighted by atomic mass is 32.1. The molecule has 0 fully saturated rings. The lowest BCUT2D eigenvalue weighted by Gasteiger charge is -2.01. The van der Waals surface area contributed by atoms with Crippen LogP contribution in [0.3, 0.4) is 0 Å². The number of nitrogens with zero attached hydrogens (tertiary/aromatic N) is 1. The van der Waals surface area contributed by atoms with Crippen LogP contribution >= 0.6 is 11.3 Å². The van der Waals surface area contributed by atoms with Gasteiger partial charge >= 0.3 is 0 Å². The fraction of sp³-hybridized carbons (Fsp3) is 0.444. The van der Waals surface area contributed by atoms with E-state index in [2.05, 4.69) is 15.6 Å². The maximum Gasteiger partial charge on any atom is 0.227 e. The number of carbonyl (C=O) groups excluding carboxylic acids is 2. The van der Waals surface area contributed by atoms with Gasteiger partial charge in [0.05, 0.1) is 0 Å². The molecule has 6 heteroatoms. The third-order valence-corrected chi connectivity index (χ3v) is 2.42. The zero-order valence-corrected chi connectivity index (χ0v) is 9.48. The molecule has 2 amide bonds. The second-order valence-electron chi connectivity index (χ2n) is 3.06. The van der Waals surface area contributed by atoms with E-state index in [0.29, 0.717) is 11.7 Å². The van der Waals surface area contributed by atoms with Crippen LogP contribution in [0.25, 0.3) is 0 Å². The van der Waals surface area contributed by atoms with Gasteiger partial charge in [-0.3, -0.25) is 9.59 Å². The largest absolute Gasteiger partial charge is 0.356 e. The van der Waals surface area contributed by atoms with Crippen LogP contribution in [0.4, 0.5) is 5.13 Å². The summed E-state index contributed by atoms with van der Waals surface area (Å²) in [6, 6.07) is 0. The maximum absolute atomic E-state index is 11.3. The van der Waals surface area contributed by atoms with Crippen molar-refractivity contribution in [2.24, 2.45) is 0 Å². The summed E-state index contributed by atoms with van der Waals surface area (Å²) in [6.07, 6.45) is 1.96. The SMILES string of the molecule is CC(=O)NCCC(=O)Nc1ncc(C)s1. The normalized spacial score (nSPS) is 9.73. The van der Waals surface area contributed by atoms with E-state index in [1.54, 1.807) is 6.20 Å². The van der Waals surface area contributed by atoms with Gasteiger partial charge in [-0.25, -0.2) is 4.98 Å². The number of hydrogen-bond acceptors (Lipinski definition) is 4. The number of thiazole rings is 1. The minimum absolute atomic E-state index is 0.132. The third kappa shape index (κ3) is 4.55. The van der Waals surface area contributed by atoms with Crippen molar-refractivity contribution in [1.29, 1.82) is 0 Å². The van der Waals surface area contributed by atoms with Crippen LogP contribution in [-0.4, -0.2) is 23.3 Å². The number of aryl methyl sites for hydroxylation is 1. The van der Waals surface area contributed by atoms with Crippen LogP contribution in [0.15, 0.2) is 6.20 Å². The van der Waals surface area contributed by atoms with E-state index >= 15 is 0 Å². The standard InChI is InChI=1S/C9H13N3O2S/c1-6-5-11-9(15-6)12-8(14)3-4-10-7(2)13/h5H,3-4H2,1-2H3,(H,10,13)(H,11,12,14). The Kier molecular flexibility index (Phi) is 4.23. The quantitative estimate of drug-likeness (QED) is 0.803. The van der Waals surface area contributed by atoms with Crippen LogP contribution < -0.4 is 10.6 Å². The van der Waals surface area contributed by atoms with Crippen LogP contribution in [0.2, 0.25) is 0 Å². The van der Waals surface area contributed by atoms with E-state index < -0.39 is 0 Å². The summed E-state index contributed by atoms with van der Waals surface area (Å²) in [5, 5.41) is 5.80. The Morgan fingerprint density at radius 3 is 2.80 bits per heavy atom. The van der Waals surface area contributed by atoms with E-state index in [4.69, 9.17) is 0 Å². The van der Waals surface area contributed by atoms with E-state index in [1.807, 2.05) is 6.92 Å². The van der Waals surface area contributed by atoms with Crippen molar-refractivity contribution in [3.63, 3.8) is 0 Å². The average molecular weight is 227 g/mol. The lowest BCUT2D eigenvalue weighted by atomic mass is 10.4. The van der Waals surface area contributed by atoms with Crippen molar-refractivity contribution >= 4 is 28.3 Å². The number of rotatable bonds is 4. The number of anilines is 1. The maximum atomic E-state index is 11.3. The zero-order chi connectivity index (χ0) is 11.3. The molecule has 1 aromatic heterocycles. The molecule has 0 aromatic carbocycles. The molecule has 15 heavy (non-hydrogen) atoms. The van der Waals surface area contributed by atoms with Gasteiger partial charge in [-0.2, -0.15) is 0 Å². The van der Waals surface area contributed by atoms with Gasteiger partial charge in [0, 0.05) is 31.0 Å². The predicted octanol–water partition coefficient (Wildman–Crippen LogP) is 0.916. The number of aromatic nitrogens is 1. The molecule has 1 rings (SSSR count). The Morgan fingerprint density at radius 2 is 2.27 bits per heavy atom. The van der Waals surface area contributed by atoms with Gasteiger partial charge in [0.2, 0.25) is 11.8 Å². The first kappa shape index (κ1) is 11.6. The van der Waals surface area contributed by atoms with Gasteiger partial charge < -0.3 is 10.6 Å². The number of carbonyl (C=O) groups is 2. The Bertz CT molecular complexity index is 362. The molecule has 0 bridgehead atoms. The molecule has 1 aromatic rings. The van der Waals surface area contributed by atoms with Crippen LogP contribution in [0.5, 0.6) is 0 Å². The summed E-state index contributed by atoms with van der Waals surface area (Å²) in [5.41, 5.74) is 0. The number of amides is 2. The first-order valence-electron chi connectivity index (χ1n) is 4.54. The Balaban J connectivity index is 2.27. The van der Waals surface area contributed by atoms with E-state index in [9.17, 15) is 9.59 Å². The van der Waals surface area contributed by atoms with E-state index in [-0.39, 0.29) is 18.2 Å². The monoisotopic (exact) mass is 227 g/mol. The molecule has 0 aliphatic heterocycles. The molecule has 0 saturated heterocycles. The first-order valence-corrected chi connectivity index (χ1v) is 5.36. The summed E-state index contributed by atoms with van der Waals surface area (Å²) >= 11 is 1.43. The van der Waals surface area contributed by atoms with Crippen molar-refractivity contribution in [1.82, 2.24) is 10.3 Å². The highest BCUT2D eigenvalue weighted by molar-refractivity contribution is 7.15. The molecule has 0 radical (unpaired) electrons. The van der Waals surface area contributed by atoms with Crippen molar-refractivity contribution in [3.05, 3.63) is 11.1 Å². The van der Waals surface area contributed by atoms with Gasteiger partial charge in [0.1, 0.15) is 0 Å². The molecule has 0 unspecified atom stereocenters. The van der Waals surface area contributed by atoms with Crippen molar-refractivity contribution in [2.75, 3.05) is 11.9 Å². The Labute approximate surface area is 91.9 Å². The molecule has 0 aliphatic rings. The third-order valence-electron chi connectivity index (χ3n) is 1.59. The van der Waals surface area contributed by atoms with Gasteiger partial charge in [0.15, 0.2) is 5.13 Å². The van der Waals surface area contributed by atoms with Gasteiger partial charge in [-0.05, 0) is 6.92 Å². The van der Waals surface area contributed by atoms with Crippen molar-refractivity contribution < 1.29 is 9.59 Å². The molecular formula is C9H13N3O2S. The average Bonchev–Trinajstić information content (AvgIpc) is 2.50. The number of nitrogens with one attached hydrogen (secondary N) is 2. The summed E-state index contributed by atoms with van der Waals surface area (Å²) in [4.78, 5) is 26.9. The highest BCUT2D eigenvalue weighted by Crippen LogP contribution is 2.16. The highest BCUT2D eigenvalue weighted by Gasteiger charge is 2.04.